The zero-order valence-corrected chi connectivity index (χ0v) is 12.4. The minimum absolute atomic E-state index is 0.406. The van der Waals surface area contributed by atoms with Gasteiger partial charge in [0, 0.05) is 5.69 Å². The van der Waals surface area contributed by atoms with Crippen LogP contribution in [0, 0.1) is 0 Å². The zero-order chi connectivity index (χ0) is 16.2. The molecule has 1 aromatic heterocycles. The molecule has 0 spiro atoms. The van der Waals surface area contributed by atoms with E-state index in [4.69, 9.17) is 11.5 Å². The fraction of sp³-hybridized carbons (Fsp3) is 0. The molecule has 114 valence electrons. The van der Waals surface area contributed by atoms with Gasteiger partial charge in [0.05, 0.1) is 22.9 Å². The van der Waals surface area contributed by atoms with Crippen molar-refractivity contribution in [1.29, 1.82) is 0 Å². The van der Waals surface area contributed by atoms with E-state index in [9.17, 15) is 4.79 Å². The molecule has 0 saturated carbocycles. The molecule has 5 heteroatoms. The van der Waals surface area contributed by atoms with Crippen LogP contribution in [0.15, 0.2) is 67.0 Å². The van der Waals surface area contributed by atoms with E-state index >= 15 is 0 Å². The molecular weight excluding hydrogens is 288 g/mol. The minimum Gasteiger partial charge on any atom is -0.398 e. The Bertz CT molecular complexity index is 945. The molecular formula is C18H16N4O. The number of benzene rings is 3. The van der Waals surface area contributed by atoms with Crippen LogP contribution in [0.4, 0.5) is 5.69 Å². The van der Waals surface area contributed by atoms with E-state index in [1.807, 2.05) is 54.6 Å². The summed E-state index contributed by atoms with van der Waals surface area (Å²) in [6.45, 7) is 0. The highest BCUT2D eigenvalue weighted by molar-refractivity contribution is 6.10. The monoisotopic (exact) mass is 304 g/mol. The molecule has 0 radical (unpaired) electrons. The molecule has 0 atom stereocenters. The second kappa shape index (κ2) is 6.19. The van der Waals surface area contributed by atoms with Gasteiger partial charge >= 0.3 is 0 Å². The molecule has 0 aliphatic carbocycles. The van der Waals surface area contributed by atoms with Crippen LogP contribution in [-0.2, 0) is 0 Å². The Morgan fingerprint density at radius 3 is 2.48 bits per heavy atom. The lowest BCUT2D eigenvalue weighted by Gasteiger charge is -2.05. The van der Waals surface area contributed by atoms with E-state index in [1.54, 1.807) is 12.4 Å². The molecule has 0 bridgehead atoms. The number of hydrogen-bond donors (Lipinski definition) is 3. The van der Waals surface area contributed by atoms with Gasteiger partial charge in [-0.3, -0.25) is 4.79 Å². The van der Waals surface area contributed by atoms with Crippen LogP contribution in [-0.4, -0.2) is 15.9 Å². The summed E-state index contributed by atoms with van der Waals surface area (Å²) in [5.41, 5.74) is 13.9. The maximum Gasteiger partial charge on any atom is 0.251 e. The fourth-order valence-electron chi connectivity index (χ4n) is 2.44. The van der Waals surface area contributed by atoms with Crippen LogP contribution >= 0.6 is 0 Å². The summed E-state index contributed by atoms with van der Waals surface area (Å²) in [5.74, 6) is -0.487. The van der Waals surface area contributed by atoms with Gasteiger partial charge < -0.3 is 16.5 Å². The summed E-state index contributed by atoms with van der Waals surface area (Å²) in [5, 5.41) is 1.77. The average molecular weight is 304 g/mol. The first kappa shape index (κ1) is 14.6. The van der Waals surface area contributed by atoms with Gasteiger partial charge in [0.25, 0.3) is 5.91 Å². The molecule has 4 rings (SSSR count). The van der Waals surface area contributed by atoms with E-state index in [0.717, 1.165) is 21.8 Å². The number of nitrogens with two attached hydrogens (primary N) is 2. The lowest BCUT2D eigenvalue weighted by Crippen LogP contribution is -2.13. The first-order chi connectivity index (χ1) is 11.2. The van der Waals surface area contributed by atoms with Crippen LogP contribution < -0.4 is 11.5 Å². The molecule has 0 saturated heterocycles. The third-order valence-corrected chi connectivity index (χ3v) is 3.54. The van der Waals surface area contributed by atoms with Crippen molar-refractivity contribution in [3.05, 3.63) is 72.6 Å². The highest BCUT2D eigenvalue weighted by Gasteiger charge is 2.09. The third-order valence-electron chi connectivity index (χ3n) is 3.54. The Labute approximate surface area is 132 Å². The lowest BCUT2D eigenvalue weighted by atomic mass is 10.0. The average Bonchev–Trinajstić information content (AvgIpc) is 3.03. The molecule has 0 fully saturated rings. The van der Waals surface area contributed by atoms with Gasteiger partial charge in [0.1, 0.15) is 0 Å². The van der Waals surface area contributed by atoms with Crippen molar-refractivity contribution < 1.29 is 4.79 Å². The molecule has 3 aromatic carbocycles. The Hall–Kier alpha value is -3.34. The molecule has 5 N–H and O–H groups in total. The van der Waals surface area contributed by atoms with Crippen molar-refractivity contribution in [2.24, 2.45) is 5.73 Å². The van der Waals surface area contributed by atoms with Crippen molar-refractivity contribution in [1.82, 2.24) is 9.97 Å². The number of anilines is 1. The maximum atomic E-state index is 11.2. The fourth-order valence-corrected chi connectivity index (χ4v) is 2.44. The van der Waals surface area contributed by atoms with Crippen molar-refractivity contribution >= 4 is 33.4 Å². The van der Waals surface area contributed by atoms with Gasteiger partial charge in [-0.05, 0) is 29.0 Å². The lowest BCUT2D eigenvalue weighted by molar-refractivity contribution is 0.100. The number of aromatic amines is 1. The summed E-state index contributed by atoms with van der Waals surface area (Å²) in [4.78, 5) is 18.2. The number of carbonyl (C=O) groups excluding carboxylic acids is 1. The van der Waals surface area contributed by atoms with Gasteiger partial charge in [-0.15, -0.1) is 0 Å². The number of fused-ring (bicyclic) bond motifs is 2. The Morgan fingerprint density at radius 1 is 0.957 bits per heavy atom. The molecule has 5 nitrogen and oxygen atoms in total. The summed E-state index contributed by atoms with van der Waals surface area (Å²) in [6.07, 6.45) is 1.70. The van der Waals surface area contributed by atoms with E-state index < -0.39 is 5.91 Å². The highest BCUT2D eigenvalue weighted by Crippen LogP contribution is 2.23. The number of nitrogens with one attached hydrogen (secondary N) is 1. The number of aromatic nitrogens is 2. The zero-order valence-electron chi connectivity index (χ0n) is 12.4. The molecule has 0 aliphatic rings. The smallest absolute Gasteiger partial charge is 0.251 e. The number of imidazole rings is 1. The summed E-state index contributed by atoms with van der Waals surface area (Å²) in [6, 6.07) is 19.0. The van der Waals surface area contributed by atoms with E-state index in [2.05, 4.69) is 9.97 Å². The number of nitrogen functional groups attached to an aromatic ring is 1. The summed E-state index contributed by atoms with van der Waals surface area (Å²) < 4.78 is 0. The number of rotatable bonds is 1. The number of para-hydroxylation sites is 2. The Balaban J connectivity index is 0.000000149. The SMILES string of the molecule is NC(=O)c1c(N)ccc2ccccc12.c1ccc2[nH]cnc2c1. The van der Waals surface area contributed by atoms with E-state index in [1.165, 1.54) is 0 Å². The number of hydrogen-bond acceptors (Lipinski definition) is 3. The van der Waals surface area contributed by atoms with Gasteiger partial charge in [-0.25, -0.2) is 4.98 Å². The van der Waals surface area contributed by atoms with Crippen molar-refractivity contribution in [3.63, 3.8) is 0 Å². The Morgan fingerprint density at radius 2 is 1.70 bits per heavy atom. The number of primary amides is 1. The number of H-pyrrole nitrogens is 1. The number of amides is 1. The molecule has 23 heavy (non-hydrogen) atoms. The maximum absolute atomic E-state index is 11.2. The summed E-state index contributed by atoms with van der Waals surface area (Å²) in [7, 11) is 0. The second-order valence-electron chi connectivity index (χ2n) is 5.03. The Kier molecular flexibility index (Phi) is 3.93. The number of nitrogens with zero attached hydrogens (tertiary/aromatic N) is 1. The predicted octanol–water partition coefficient (Wildman–Crippen LogP) is 3.08. The van der Waals surface area contributed by atoms with Crippen molar-refractivity contribution in [3.8, 4) is 0 Å². The van der Waals surface area contributed by atoms with Crippen LogP contribution in [0.1, 0.15) is 10.4 Å². The van der Waals surface area contributed by atoms with Crippen LogP contribution in [0.2, 0.25) is 0 Å². The van der Waals surface area contributed by atoms with Gasteiger partial charge in [-0.2, -0.15) is 0 Å². The molecule has 1 amide bonds. The van der Waals surface area contributed by atoms with E-state index in [-0.39, 0.29) is 0 Å². The third kappa shape index (κ3) is 2.98. The standard InChI is InChI=1S/C11H10N2O.C7H6N2/c12-9-6-5-7-3-1-2-4-8(7)10(9)11(13)14;1-2-4-7-6(3-1)8-5-9-7/h1-6H,12H2,(H2,13,14);1-5H,(H,8,9). The van der Waals surface area contributed by atoms with Gasteiger partial charge in [0.15, 0.2) is 0 Å². The van der Waals surface area contributed by atoms with Gasteiger partial charge in [-0.1, -0.05) is 42.5 Å². The van der Waals surface area contributed by atoms with Crippen molar-refractivity contribution in [2.45, 2.75) is 0 Å². The molecule has 0 unspecified atom stereocenters. The normalized spacial score (nSPS) is 10.3. The molecule has 4 aromatic rings. The summed E-state index contributed by atoms with van der Waals surface area (Å²) >= 11 is 0. The minimum atomic E-state index is -0.487. The highest BCUT2D eigenvalue weighted by atomic mass is 16.1. The van der Waals surface area contributed by atoms with Gasteiger partial charge in [0.2, 0.25) is 0 Å². The molecule has 1 heterocycles. The number of carbonyl (C=O) groups is 1. The van der Waals surface area contributed by atoms with Crippen LogP contribution in [0.3, 0.4) is 0 Å². The predicted molar refractivity (Wildman–Crippen MR) is 93.0 cm³/mol. The largest absolute Gasteiger partial charge is 0.398 e. The van der Waals surface area contributed by atoms with Crippen LogP contribution in [0.25, 0.3) is 21.8 Å². The first-order valence-electron chi connectivity index (χ1n) is 7.12. The quantitative estimate of drug-likeness (QED) is 0.471. The van der Waals surface area contributed by atoms with Crippen molar-refractivity contribution in [2.75, 3.05) is 5.73 Å². The first-order valence-corrected chi connectivity index (χ1v) is 7.12. The molecule has 0 aliphatic heterocycles. The second-order valence-corrected chi connectivity index (χ2v) is 5.03. The van der Waals surface area contributed by atoms with Crippen LogP contribution in [0.5, 0.6) is 0 Å². The van der Waals surface area contributed by atoms with E-state index in [0.29, 0.717) is 11.3 Å². The topological polar surface area (TPSA) is 97.8 Å².